The molecule has 98 valence electrons. The van der Waals surface area contributed by atoms with Gasteiger partial charge in [-0.1, -0.05) is 6.07 Å². The minimum absolute atomic E-state index is 0.106. The van der Waals surface area contributed by atoms with E-state index in [4.69, 9.17) is 9.47 Å². The molecule has 0 aromatic heterocycles. The first-order valence-electron chi connectivity index (χ1n) is 5.68. The molecule has 19 heavy (non-hydrogen) atoms. The SMILES string of the molecule is COc1cccc(OC)c1C(=O)c1ccc(I)cc1. The van der Waals surface area contributed by atoms with Crippen molar-refractivity contribution in [1.29, 1.82) is 0 Å². The topological polar surface area (TPSA) is 35.5 Å². The van der Waals surface area contributed by atoms with E-state index in [-0.39, 0.29) is 5.78 Å². The summed E-state index contributed by atoms with van der Waals surface area (Å²) in [5, 5.41) is 0. The number of carbonyl (C=O) groups is 1. The smallest absolute Gasteiger partial charge is 0.200 e. The zero-order chi connectivity index (χ0) is 13.8. The maximum atomic E-state index is 12.6. The van der Waals surface area contributed by atoms with Gasteiger partial charge >= 0.3 is 0 Å². The average Bonchev–Trinajstić information content (AvgIpc) is 2.46. The molecule has 0 N–H and O–H groups in total. The molecule has 0 amide bonds. The highest BCUT2D eigenvalue weighted by Crippen LogP contribution is 2.30. The Hall–Kier alpha value is -1.56. The van der Waals surface area contributed by atoms with Crippen LogP contribution in [0.15, 0.2) is 42.5 Å². The average molecular weight is 368 g/mol. The van der Waals surface area contributed by atoms with Crippen molar-refractivity contribution in [2.45, 2.75) is 0 Å². The van der Waals surface area contributed by atoms with Crippen molar-refractivity contribution in [3.63, 3.8) is 0 Å². The third-order valence-corrected chi connectivity index (χ3v) is 3.48. The number of hydrogen-bond donors (Lipinski definition) is 0. The molecule has 0 unspecified atom stereocenters. The molecule has 2 aromatic rings. The minimum Gasteiger partial charge on any atom is -0.496 e. The van der Waals surface area contributed by atoms with E-state index in [2.05, 4.69) is 22.6 Å². The Morgan fingerprint density at radius 1 is 0.947 bits per heavy atom. The summed E-state index contributed by atoms with van der Waals surface area (Å²) in [6, 6.07) is 12.7. The van der Waals surface area contributed by atoms with Crippen LogP contribution in [0.1, 0.15) is 15.9 Å². The minimum atomic E-state index is -0.106. The van der Waals surface area contributed by atoms with E-state index in [1.54, 1.807) is 44.6 Å². The summed E-state index contributed by atoms with van der Waals surface area (Å²) in [5.74, 6) is 0.927. The van der Waals surface area contributed by atoms with Crippen molar-refractivity contribution in [2.75, 3.05) is 14.2 Å². The van der Waals surface area contributed by atoms with E-state index in [9.17, 15) is 4.79 Å². The normalized spacial score (nSPS) is 10.1. The molecule has 0 saturated heterocycles. The van der Waals surface area contributed by atoms with Gasteiger partial charge in [0.05, 0.1) is 14.2 Å². The van der Waals surface area contributed by atoms with Gasteiger partial charge in [-0.2, -0.15) is 0 Å². The summed E-state index contributed by atoms with van der Waals surface area (Å²) in [6.07, 6.45) is 0. The molecule has 0 bridgehead atoms. The van der Waals surface area contributed by atoms with E-state index in [1.807, 2.05) is 12.1 Å². The Labute approximate surface area is 125 Å². The first-order valence-corrected chi connectivity index (χ1v) is 6.76. The summed E-state index contributed by atoms with van der Waals surface area (Å²) in [4.78, 5) is 12.6. The van der Waals surface area contributed by atoms with Gasteiger partial charge in [0.1, 0.15) is 17.1 Å². The summed E-state index contributed by atoms with van der Waals surface area (Å²) >= 11 is 2.20. The molecule has 4 heteroatoms. The van der Waals surface area contributed by atoms with Gasteiger partial charge < -0.3 is 9.47 Å². The van der Waals surface area contributed by atoms with Crippen LogP contribution in [0, 0.1) is 3.57 Å². The molecular formula is C15H13IO3. The van der Waals surface area contributed by atoms with Crippen LogP contribution in [-0.2, 0) is 0 Å². The fourth-order valence-corrected chi connectivity index (χ4v) is 2.18. The number of methoxy groups -OCH3 is 2. The monoisotopic (exact) mass is 368 g/mol. The standard InChI is InChI=1S/C15H13IO3/c1-18-12-4-3-5-13(19-2)14(12)15(17)10-6-8-11(16)9-7-10/h3-9H,1-2H3. The van der Waals surface area contributed by atoms with E-state index >= 15 is 0 Å². The van der Waals surface area contributed by atoms with Crippen molar-refractivity contribution in [2.24, 2.45) is 0 Å². The highest BCUT2D eigenvalue weighted by molar-refractivity contribution is 14.1. The number of benzene rings is 2. The fraction of sp³-hybridized carbons (Fsp3) is 0.133. The van der Waals surface area contributed by atoms with Gasteiger partial charge in [0.25, 0.3) is 0 Å². The second-order valence-electron chi connectivity index (χ2n) is 3.87. The third kappa shape index (κ3) is 2.89. The second kappa shape index (κ2) is 6.06. The summed E-state index contributed by atoms with van der Waals surface area (Å²) < 4.78 is 11.6. The molecule has 0 aliphatic heterocycles. The summed E-state index contributed by atoms with van der Waals surface area (Å²) in [6.45, 7) is 0. The van der Waals surface area contributed by atoms with Crippen LogP contribution in [0.4, 0.5) is 0 Å². The van der Waals surface area contributed by atoms with Crippen molar-refractivity contribution >= 4 is 28.4 Å². The first-order chi connectivity index (χ1) is 9.17. The van der Waals surface area contributed by atoms with Crippen molar-refractivity contribution in [1.82, 2.24) is 0 Å². The van der Waals surface area contributed by atoms with Gasteiger partial charge in [-0.15, -0.1) is 0 Å². The lowest BCUT2D eigenvalue weighted by atomic mass is 10.0. The highest BCUT2D eigenvalue weighted by atomic mass is 127. The van der Waals surface area contributed by atoms with Gasteiger partial charge in [0, 0.05) is 9.13 Å². The largest absolute Gasteiger partial charge is 0.496 e. The molecule has 2 rings (SSSR count). The van der Waals surface area contributed by atoms with Gasteiger partial charge in [0.2, 0.25) is 5.78 Å². The molecule has 0 aliphatic carbocycles. The molecule has 0 saturated carbocycles. The number of hydrogen-bond acceptors (Lipinski definition) is 3. The Balaban J connectivity index is 2.51. The summed E-state index contributed by atoms with van der Waals surface area (Å²) in [5.41, 5.74) is 1.07. The molecular weight excluding hydrogens is 355 g/mol. The van der Waals surface area contributed by atoms with E-state index in [0.29, 0.717) is 22.6 Å². The molecule has 3 nitrogen and oxygen atoms in total. The lowest BCUT2D eigenvalue weighted by molar-refractivity contribution is 0.103. The first kappa shape index (κ1) is 13.9. The number of carbonyl (C=O) groups excluding carboxylic acids is 1. The van der Waals surface area contributed by atoms with Crippen LogP contribution in [0.5, 0.6) is 11.5 Å². The molecule has 0 heterocycles. The van der Waals surface area contributed by atoms with E-state index < -0.39 is 0 Å². The number of rotatable bonds is 4. The van der Waals surface area contributed by atoms with E-state index in [1.165, 1.54) is 0 Å². The fourth-order valence-electron chi connectivity index (χ4n) is 1.82. The quantitative estimate of drug-likeness (QED) is 0.612. The van der Waals surface area contributed by atoms with E-state index in [0.717, 1.165) is 3.57 Å². The Bertz CT molecular complexity index is 569. The number of ether oxygens (including phenoxy) is 2. The predicted molar refractivity (Wildman–Crippen MR) is 82.1 cm³/mol. The van der Waals surface area contributed by atoms with Gasteiger partial charge in [-0.25, -0.2) is 0 Å². The molecule has 0 spiro atoms. The van der Waals surface area contributed by atoms with Crippen LogP contribution in [0.2, 0.25) is 0 Å². The maximum Gasteiger partial charge on any atom is 0.200 e. The van der Waals surface area contributed by atoms with Crippen LogP contribution >= 0.6 is 22.6 Å². The molecule has 0 radical (unpaired) electrons. The summed E-state index contributed by atoms with van der Waals surface area (Å²) in [7, 11) is 3.08. The van der Waals surface area contributed by atoms with Crippen LogP contribution < -0.4 is 9.47 Å². The third-order valence-electron chi connectivity index (χ3n) is 2.76. The number of ketones is 1. The van der Waals surface area contributed by atoms with Crippen LogP contribution in [0.3, 0.4) is 0 Å². The Morgan fingerprint density at radius 3 is 1.95 bits per heavy atom. The maximum absolute atomic E-state index is 12.6. The van der Waals surface area contributed by atoms with Crippen molar-refractivity contribution < 1.29 is 14.3 Å². The van der Waals surface area contributed by atoms with Gasteiger partial charge in [-0.05, 0) is 59.0 Å². The van der Waals surface area contributed by atoms with Gasteiger partial charge in [0.15, 0.2) is 0 Å². The lowest BCUT2D eigenvalue weighted by Gasteiger charge is -2.12. The second-order valence-corrected chi connectivity index (χ2v) is 5.12. The Morgan fingerprint density at radius 2 is 1.47 bits per heavy atom. The highest BCUT2D eigenvalue weighted by Gasteiger charge is 2.19. The van der Waals surface area contributed by atoms with Crippen LogP contribution in [0.25, 0.3) is 0 Å². The molecule has 0 fully saturated rings. The van der Waals surface area contributed by atoms with Crippen LogP contribution in [-0.4, -0.2) is 20.0 Å². The zero-order valence-electron chi connectivity index (χ0n) is 10.6. The lowest BCUT2D eigenvalue weighted by Crippen LogP contribution is -2.06. The zero-order valence-corrected chi connectivity index (χ0v) is 12.8. The molecule has 2 aromatic carbocycles. The Kier molecular flexibility index (Phi) is 4.42. The van der Waals surface area contributed by atoms with Crippen molar-refractivity contribution in [3.05, 3.63) is 57.2 Å². The molecule has 0 aliphatic rings. The predicted octanol–water partition coefficient (Wildman–Crippen LogP) is 3.54. The van der Waals surface area contributed by atoms with Crippen molar-refractivity contribution in [3.8, 4) is 11.5 Å². The molecule has 0 atom stereocenters. The van der Waals surface area contributed by atoms with Gasteiger partial charge in [-0.3, -0.25) is 4.79 Å². The number of halogens is 1.